The zero-order valence-electron chi connectivity index (χ0n) is 16.2. The summed E-state index contributed by atoms with van der Waals surface area (Å²) in [6.45, 7) is 10.3. The number of ether oxygens (including phenoxy) is 2. The fraction of sp³-hybridized carbons (Fsp3) is 0.579. The zero-order valence-corrected chi connectivity index (χ0v) is 17.1. The van der Waals surface area contributed by atoms with E-state index in [4.69, 9.17) is 9.47 Å². The summed E-state index contributed by atoms with van der Waals surface area (Å²) in [6.07, 6.45) is 0.998. The molecule has 2 N–H and O–H groups in total. The van der Waals surface area contributed by atoms with Gasteiger partial charge in [-0.1, -0.05) is 19.9 Å². The lowest BCUT2D eigenvalue weighted by Crippen LogP contribution is -2.37. The second-order valence-electron chi connectivity index (χ2n) is 6.74. The molecule has 27 heavy (non-hydrogen) atoms. The van der Waals surface area contributed by atoms with Crippen LogP contribution >= 0.6 is 11.3 Å². The number of methoxy groups -OCH3 is 1. The van der Waals surface area contributed by atoms with Gasteiger partial charge in [-0.25, -0.2) is 4.98 Å². The van der Waals surface area contributed by atoms with E-state index in [1.54, 1.807) is 24.5 Å². The van der Waals surface area contributed by atoms with E-state index in [9.17, 15) is 9.90 Å². The Balaban J connectivity index is 2.13. The number of nitrogens with zero attached hydrogens (tertiary/aromatic N) is 2. The smallest absolute Gasteiger partial charge is 0.259 e. The number of nitrogens with one attached hydrogen (secondary N) is 1. The molecule has 1 unspecified atom stereocenters. The second-order valence-corrected chi connectivity index (χ2v) is 7.81. The molecule has 1 atom stereocenters. The van der Waals surface area contributed by atoms with Gasteiger partial charge in [-0.3, -0.25) is 9.69 Å². The van der Waals surface area contributed by atoms with Crippen LogP contribution in [0.1, 0.15) is 30.5 Å². The third-order valence-electron chi connectivity index (χ3n) is 4.04. The highest BCUT2D eigenvalue weighted by Crippen LogP contribution is 2.27. The molecule has 0 radical (unpaired) electrons. The van der Waals surface area contributed by atoms with E-state index in [1.165, 1.54) is 0 Å². The molecule has 2 aromatic rings. The Morgan fingerprint density at radius 1 is 1.48 bits per heavy atom. The third-order valence-corrected chi connectivity index (χ3v) is 5.37. The number of aromatic nitrogens is 2. The minimum Gasteiger partial charge on any atom is -0.389 e. The molecule has 0 aliphatic heterocycles. The van der Waals surface area contributed by atoms with Crippen LogP contribution in [-0.4, -0.2) is 66.1 Å². The Kier molecular flexibility index (Phi) is 8.59. The fourth-order valence-electron chi connectivity index (χ4n) is 2.66. The van der Waals surface area contributed by atoms with Gasteiger partial charge in [0.2, 0.25) is 0 Å². The summed E-state index contributed by atoms with van der Waals surface area (Å²) in [7, 11) is 1.63. The Morgan fingerprint density at radius 3 is 2.93 bits per heavy atom. The van der Waals surface area contributed by atoms with Crippen molar-refractivity contribution in [1.82, 2.24) is 14.9 Å². The first kappa shape index (κ1) is 21.7. The molecule has 0 aliphatic carbocycles. The number of aromatic amines is 1. The summed E-state index contributed by atoms with van der Waals surface area (Å²) < 4.78 is 10.5. The average molecular weight is 396 g/mol. The summed E-state index contributed by atoms with van der Waals surface area (Å²) in [5, 5.41) is 10.8. The Hall–Kier alpha value is -1.58. The third kappa shape index (κ3) is 6.51. The number of aliphatic hydroxyl groups is 1. The second kappa shape index (κ2) is 10.7. The molecule has 0 spiro atoms. The van der Waals surface area contributed by atoms with Gasteiger partial charge < -0.3 is 19.6 Å². The Morgan fingerprint density at radius 2 is 2.26 bits per heavy atom. The average Bonchev–Trinajstić information content (AvgIpc) is 3.05. The van der Waals surface area contributed by atoms with Gasteiger partial charge in [-0.05, 0) is 12.0 Å². The summed E-state index contributed by atoms with van der Waals surface area (Å²) in [5.41, 5.74) is -0.125. The SMILES string of the molecule is C=CCOCC(O)CN(CCOC)Cc1nc2sc(C(C)C)cc2c(=O)[nH]1. The molecule has 0 aromatic carbocycles. The molecule has 2 heterocycles. The molecule has 0 aliphatic rings. The largest absolute Gasteiger partial charge is 0.389 e. The molecular weight excluding hydrogens is 366 g/mol. The van der Waals surface area contributed by atoms with Gasteiger partial charge in [-0.2, -0.15) is 0 Å². The maximum Gasteiger partial charge on any atom is 0.259 e. The first-order valence-corrected chi connectivity index (χ1v) is 9.86. The van der Waals surface area contributed by atoms with E-state index in [0.29, 0.717) is 50.0 Å². The molecule has 0 saturated heterocycles. The van der Waals surface area contributed by atoms with Crippen LogP contribution in [0.4, 0.5) is 0 Å². The van der Waals surface area contributed by atoms with Crippen molar-refractivity contribution in [1.29, 1.82) is 0 Å². The summed E-state index contributed by atoms with van der Waals surface area (Å²) in [5.74, 6) is 0.941. The molecule has 7 nitrogen and oxygen atoms in total. The van der Waals surface area contributed by atoms with Crippen molar-refractivity contribution in [3.05, 3.63) is 39.8 Å². The number of hydrogen-bond acceptors (Lipinski definition) is 7. The van der Waals surface area contributed by atoms with Gasteiger partial charge in [0.15, 0.2) is 0 Å². The zero-order chi connectivity index (χ0) is 19.8. The van der Waals surface area contributed by atoms with Gasteiger partial charge in [0.05, 0.1) is 37.9 Å². The van der Waals surface area contributed by atoms with E-state index in [1.807, 2.05) is 11.0 Å². The van der Waals surface area contributed by atoms with Crippen molar-refractivity contribution in [2.45, 2.75) is 32.4 Å². The normalized spacial score (nSPS) is 13.0. The highest BCUT2D eigenvalue weighted by Gasteiger charge is 2.16. The standard InChI is InChI=1S/C19H29N3O4S/c1-5-7-26-12-14(23)10-22(6-8-25-4)11-17-20-18(24)15-9-16(13(2)3)27-19(15)21-17/h5,9,13-14,23H,1,6-8,10-12H2,2-4H3,(H,20,21,24). The predicted octanol–water partition coefficient (Wildman–Crippen LogP) is 2.12. The summed E-state index contributed by atoms with van der Waals surface area (Å²) >= 11 is 1.55. The van der Waals surface area contributed by atoms with Crippen LogP contribution in [0, 0.1) is 0 Å². The van der Waals surface area contributed by atoms with Crippen LogP contribution in [0.3, 0.4) is 0 Å². The highest BCUT2D eigenvalue weighted by atomic mass is 32.1. The quantitative estimate of drug-likeness (QED) is 0.423. The van der Waals surface area contributed by atoms with E-state index in [0.717, 1.165) is 9.71 Å². The van der Waals surface area contributed by atoms with Crippen LogP contribution in [-0.2, 0) is 16.0 Å². The molecule has 0 bridgehead atoms. The van der Waals surface area contributed by atoms with Gasteiger partial charge >= 0.3 is 0 Å². The van der Waals surface area contributed by atoms with E-state index in [-0.39, 0.29) is 12.2 Å². The lowest BCUT2D eigenvalue weighted by Gasteiger charge is -2.24. The van der Waals surface area contributed by atoms with Crippen LogP contribution in [0.2, 0.25) is 0 Å². The number of fused-ring (bicyclic) bond motifs is 1. The van der Waals surface area contributed by atoms with E-state index >= 15 is 0 Å². The highest BCUT2D eigenvalue weighted by molar-refractivity contribution is 7.18. The number of thiophene rings is 1. The number of hydrogen-bond donors (Lipinski definition) is 2. The van der Waals surface area contributed by atoms with Crippen LogP contribution in [0.15, 0.2) is 23.5 Å². The molecule has 150 valence electrons. The van der Waals surface area contributed by atoms with Crippen LogP contribution in [0.5, 0.6) is 0 Å². The first-order valence-electron chi connectivity index (χ1n) is 9.05. The number of aliphatic hydroxyl groups excluding tert-OH is 1. The van der Waals surface area contributed by atoms with Crippen molar-refractivity contribution in [2.24, 2.45) is 0 Å². The van der Waals surface area contributed by atoms with E-state index in [2.05, 4.69) is 30.4 Å². The van der Waals surface area contributed by atoms with Crippen LogP contribution in [0.25, 0.3) is 10.2 Å². The van der Waals surface area contributed by atoms with Gasteiger partial charge in [-0.15, -0.1) is 17.9 Å². The van der Waals surface area contributed by atoms with Gasteiger partial charge in [0, 0.05) is 25.1 Å². The molecule has 8 heteroatoms. The maximum atomic E-state index is 12.4. The monoisotopic (exact) mass is 395 g/mol. The van der Waals surface area contributed by atoms with E-state index < -0.39 is 6.10 Å². The predicted molar refractivity (Wildman–Crippen MR) is 109 cm³/mol. The minimum absolute atomic E-state index is 0.125. The van der Waals surface area contributed by atoms with Crippen LogP contribution < -0.4 is 5.56 Å². The lowest BCUT2D eigenvalue weighted by atomic mass is 10.2. The summed E-state index contributed by atoms with van der Waals surface area (Å²) in [4.78, 5) is 23.8. The molecule has 2 aromatic heterocycles. The fourth-order valence-corrected chi connectivity index (χ4v) is 3.71. The minimum atomic E-state index is -0.647. The molecular formula is C19H29N3O4S. The number of rotatable bonds is 12. The Bertz CT molecular complexity index is 787. The first-order chi connectivity index (χ1) is 12.9. The van der Waals surface area contributed by atoms with Crippen molar-refractivity contribution in [2.75, 3.05) is 40.0 Å². The topological polar surface area (TPSA) is 87.7 Å². The van der Waals surface area contributed by atoms with Gasteiger partial charge in [0.25, 0.3) is 5.56 Å². The van der Waals surface area contributed by atoms with Crippen molar-refractivity contribution in [3.63, 3.8) is 0 Å². The van der Waals surface area contributed by atoms with Gasteiger partial charge in [0.1, 0.15) is 10.7 Å². The number of H-pyrrole nitrogens is 1. The van der Waals surface area contributed by atoms with Crippen molar-refractivity contribution in [3.8, 4) is 0 Å². The molecule has 0 saturated carbocycles. The molecule has 0 fully saturated rings. The summed E-state index contributed by atoms with van der Waals surface area (Å²) in [6, 6.07) is 1.92. The molecule has 2 rings (SSSR count). The van der Waals surface area contributed by atoms with Crippen molar-refractivity contribution < 1.29 is 14.6 Å². The van der Waals surface area contributed by atoms with Crippen molar-refractivity contribution >= 4 is 21.6 Å². The lowest BCUT2D eigenvalue weighted by molar-refractivity contribution is 0.0189. The maximum absolute atomic E-state index is 12.4. The molecule has 0 amide bonds. The Labute approximate surface area is 163 Å².